The quantitative estimate of drug-likeness (QED) is 0.580. The minimum atomic E-state index is -1.17. The molecule has 0 spiro atoms. The standard InChI is InChI=1S/C9H7NO4/c1-14-6-2-3-8(10-5-11)7(4-6)9(12)13/h2-4H,1H3,(H,12,13). The molecule has 0 bridgehead atoms. The maximum Gasteiger partial charge on any atom is 0.338 e. The Morgan fingerprint density at radius 1 is 1.57 bits per heavy atom. The minimum Gasteiger partial charge on any atom is -0.497 e. The molecule has 1 rings (SSSR count). The summed E-state index contributed by atoms with van der Waals surface area (Å²) in [7, 11) is 1.42. The predicted octanol–water partition coefficient (Wildman–Crippen LogP) is 1.36. The van der Waals surface area contributed by atoms with E-state index in [0.717, 1.165) is 0 Å². The molecule has 1 N–H and O–H groups in total. The van der Waals surface area contributed by atoms with Crippen molar-refractivity contribution in [3.8, 4) is 5.75 Å². The molecule has 0 aliphatic heterocycles. The molecule has 0 atom stereocenters. The van der Waals surface area contributed by atoms with Crippen molar-refractivity contribution in [2.45, 2.75) is 0 Å². The van der Waals surface area contributed by atoms with E-state index < -0.39 is 5.97 Å². The number of carboxylic acid groups (broad SMARTS) is 1. The highest BCUT2D eigenvalue weighted by atomic mass is 16.5. The fraction of sp³-hybridized carbons (Fsp3) is 0.111. The minimum absolute atomic E-state index is 0.0632. The van der Waals surface area contributed by atoms with E-state index in [0.29, 0.717) is 5.75 Å². The number of carbonyl (C=O) groups is 1. The maximum atomic E-state index is 10.7. The largest absolute Gasteiger partial charge is 0.497 e. The average Bonchev–Trinajstić information content (AvgIpc) is 2.18. The number of carbonyl (C=O) groups excluding carboxylic acids is 1. The smallest absolute Gasteiger partial charge is 0.338 e. The number of methoxy groups -OCH3 is 1. The third kappa shape index (κ3) is 1.97. The van der Waals surface area contributed by atoms with Gasteiger partial charge in [-0.3, -0.25) is 0 Å². The molecule has 0 aliphatic carbocycles. The summed E-state index contributed by atoms with van der Waals surface area (Å²) >= 11 is 0. The summed E-state index contributed by atoms with van der Waals surface area (Å²) < 4.78 is 4.83. The van der Waals surface area contributed by atoms with Gasteiger partial charge in [-0.25, -0.2) is 9.59 Å². The van der Waals surface area contributed by atoms with E-state index in [4.69, 9.17) is 9.84 Å². The predicted molar refractivity (Wildman–Crippen MR) is 47.7 cm³/mol. The fourth-order valence-corrected chi connectivity index (χ4v) is 0.960. The summed E-state index contributed by atoms with van der Waals surface area (Å²) in [4.78, 5) is 24.0. The van der Waals surface area contributed by atoms with Crippen LogP contribution in [0.1, 0.15) is 10.4 Å². The van der Waals surface area contributed by atoms with E-state index in [1.54, 1.807) is 0 Å². The summed E-state index contributed by atoms with van der Waals surface area (Å²) in [5, 5.41) is 8.77. The Balaban J connectivity index is 3.30. The van der Waals surface area contributed by atoms with E-state index in [2.05, 4.69) is 4.99 Å². The SMILES string of the molecule is COc1ccc(N=C=O)c(C(=O)O)c1. The van der Waals surface area contributed by atoms with E-state index in [9.17, 15) is 9.59 Å². The van der Waals surface area contributed by atoms with Gasteiger partial charge in [0.25, 0.3) is 0 Å². The molecule has 0 unspecified atom stereocenters. The van der Waals surface area contributed by atoms with Crippen LogP contribution in [0.25, 0.3) is 0 Å². The van der Waals surface area contributed by atoms with Crippen molar-refractivity contribution in [1.29, 1.82) is 0 Å². The van der Waals surface area contributed by atoms with Crippen LogP contribution >= 0.6 is 0 Å². The molecule has 0 aromatic heterocycles. The molecule has 0 amide bonds. The highest BCUT2D eigenvalue weighted by Gasteiger charge is 2.10. The van der Waals surface area contributed by atoms with Crippen LogP contribution in [0.3, 0.4) is 0 Å². The number of aromatic carboxylic acids is 1. The van der Waals surface area contributed by atoms with E-state index in [-0.39, 0.29) is 11.3 Å². The Morgan fingerprint density at radius 2 is 2.29 bits per heavy atom. The lowest BCUT2D eigenvalue weighted by Gasteiger charge is -2.02. The van der Waals surface area contributed by atoms with Crippen molar-refractivity contribution in [3.63, 3.8) is 0 Å². The third-order valence-corrected chi connectivity index (χ3v) is 1.60. The van der Waals surface area contributed by atoms with Gasteiger partial charge in [-0.2, -0.15) is 4.99 Å². The van der Waals surface area contributed by atoms with Crippen LogP contribution < -0.4 is 4.74 Å². The summed E-state index contributed by atoms with van der Waals surface area (Å²) in [5.41, 5.74) is -0.0269. The molecule has 5 heteroatoms. The van der Waals surface area contributed by atoms with Gasteiger partial charge in [0.05, 0.1) is 18.4 Å². The molecule has 0 saturated carbocycles. The lowest BCUT2D eigenvalue weighted by atomic mass is 10.2. The first-order valence-electron chi connectivity index (χ1n) is 3.68. The zero-order valence-corrected chi connectivity index (χ0v) is 7.35. The molecule has 0 fully saturated rings. The topological polar surface area (TPSA) is 76.0 Å². The van der Waals surface area contributed by atoms with Crippen molar-refractivity contribution in [3.05, 3.63) is 23.8 Å². The zero-order valence-electron chi connectivity index (χ0n) is 7.35. The van der Waals surface area contributed by atoms with Crippen molar-refractivity contribution in [2.75, 3.05) is 7.11 Å². The number of hydrogen-bond acceptors (Lipinski definition) is 4. The van der Waals surface area contributed by atoms with Gasteiger partial charge in [0.1, 0.15) is 5.75 Å². The number of rotatable bonds is 3. The van der Waals surface area contributed by atoms with Crippen LogP contribution in [0, 0.1) is 0 Å². The lowest BCUT2D eigenvalue weighted by molar-refractivity contribution is 0.0697. The molecule has 0 saturated heterocycles. The Kier molecular flexibility index (Phi) is 2.99. The summed E-state index contributed by atoms with van der Waals surface area (Å²) in [6, 6.07) is 4.19. The first-order chi connectivity index (χ1) is 6.69. The number of carboxylic acids is 1. The normalized spacial score (nSPS) is 8.93. The summed E-state index contributed by atoms with van der Waals surface area (Å²) in [6.07, 6.45) is 1.29. The van der Waals surface area contributed by atoms with Gasteiger partial charge in [0.2, 0.25) is 6.08 Å². The molecule has 72 valence electrons. The first kappa shape index (κ1) is 9.95. The number of isocyanates is 1. The van der Waals surface area contributed by atoms with Gasteiger partial charge in [-0.05, 0) is 18.2 Å². The first-order valence-corrected chi connectivity index (χ1v) is 3.68. The molecule has 0 heterocycles. The second kappa shape index (κ2) is 4.20. The van der Waals surface area contributed by atoms with E-state index in [1.807, 2.05) is 0 Å². The third-order valence-electron chi connectivity index (χ3n) is 1.60. The van der Waals surface area contributed by atoms with Crippen molar-refractivity contribution in [1.82, 2.24) is 0 Å². The molecular weight excluding hydrogens is 186 g/mol. The van der Waals surface area contributed by atoms with Crippen LogP contribution in [-0.2, 0) is 4.79 Å². The van der Waals surface area contributed by atoms with Crippen LogP contribution in [0.4, 0.5) is 5.69 Å². The Hall–Kier alpha value is -2.13. The highest BCUT2D eigenvalue weighted by molar-refractivity contribution is 5.94. The second-order valence-electron chi connectivity index (χ2n) is 2.39. The number of nitrogens with zero attached hydrogens (tertiary/aromatic N) is 1. The molecule has 5 nitrogen and oxygen atoms in total. The van der Waals surface area contributed by atoms with Crippen molar-refractivity contribution in [2.24, 2.45) is 4.99 Å². The molecule has 1 aromatic rings. The van der Waals surface area contributed by atoms with Crippen molar-refractivity contribution < 1.29 is 19.4 Å². The van der Waals surface area contributed by atoms with Crippen LogP contribution in [-0.4, -0.2) is 24.3 Å². The average molecular weight is 193 g/mol. The monoisotopic (exact) mass is 193 g/mol. The molecule has 14 heavy (non-hydrogen) atoms. The van der Waals surface area contributed by atoms with Gasteiger partial charge < -0.3 is 9.84 Å². The zero-order chi connectivity index (χ0) is 10.6. The van der Waals surface area contributed by atoms with Gasteiger partial charge in [-0.15, -0.1) is 0 Å². The lowest BCUT2D eigenvalue weighted by Crippen LogP contribution is -1.97. The number of benzene rings is 1. The summed E-state index contributed by atoms with van der Waals surface area (Å²) in [6.45, 7) is 0. The van der Waals surface area contributed by atoms with Gasteiger partial charge in [0.15, 0.2) is 0 Å². The number of aliphatic imine (C=N–C) groups is 1. The van der Waals surface area contributed by atoms with Crippen LogP contribution in [0.5, 0.6) is 5.75 Å². The molecule has 1 aromatic carbocycles. The van der Waals surface area contributed by atoms with Gasteiger partial charge >= 0.3 is 5.97 Å². The highest BCUT2D eigenvalue weighted by Crippen LogP contribution is 2.23. The molecule has 0 radical (unpaired) electrons. The Bertz CT molecular complexity index is 407. The molecular formula is C9H7NO4. The second-order valence-corrected chi connectivity index (χ2v) is 2.39. The number of hydrogen-bond donors (Lipinski definition) is 1. The van der Waals surface area contributed by atoms with Crippen LogP contribution in [0.15, 0.2) is 23.2 Å². The van der Waals surface area contributed by atoms with E-state index >= 15 is 0 Å². The fourth-order valence-electron chi connectivity index (χ4n) is 0.960. The van der Waals surface area contributed by atoms with Crippen LogP contribution in [0.2, 0.25) is 0 Å². The summed E-state index contributed by atoms with van der Waals surface area (Å²) in [5.74, 6) is -0.773. The van der Waals surface area contributed by atoms with E-state index in [1.165, 1.54) is 31.4 Å². The van der Waals surface area contributed by atoms with Crippen molar-refractivity contribution >= 4 is 17.7 Å². The number of ether oxygens (including phenoxy) is 1. The Labute approximate surface area is 79.7 Å². The maximum absolute atomic E-state index is 10.7. The van der Waals surface area contributed by atoms with Gasteiger partial charge in [-0.1, -0.05) is 0 Å². The Morgan fingerprint density at radius 3 is 2.79 bits per heavy atom. The molecule has 0 aliphatic rings. The van der Waals surface area contributed by atoms with Gasteiger partial charge in [0, 0.05) is 0 Å².